The van der Waals surface area contributed by atoms with Crippen LogP contribution in [0.5, 0.6) is 0 Å². The Balaban J connectivity index is 1.97. The molecule has 0 aliphatic heterocycles. The first-order chi connectivity index (χ1) is 7.33. The number of H-pyrrole nitrogens is 1. The van der Waals surface area contributed by atoms with Crippen LogP contribution >= 0.6 is 0 Å². The van der Waals surface area contributed by atoms with E-state index in [9.17, 15) is 0 Å². The second-order valence-electron chi connectivity index (χ2n) is 4.03. The maximum Gasteiger partial charge on any atom is 0.137 e. The molecule has 86 valence electrons. The van der Waals surface area contributed by atoms with Gasteiger partial charge in [-0.1, -0.05) is 19.8 Å². The molecule has 0 spiro atoms. The molecule has 0 aliphatic carbocycles. The highest BCUT2D eigenvalue weighted by Gasteiger charge is 2.00. The summed E-state index contributed by atoms with van der Waals surface area (Å²) in [5.41, 5.74) is 0. The van der Waals surface area contributed by atoms with E-state index >= 15 is 0 Å². The molecular formula is C11H22N4. The summed E-state index contributed by atoms with van der Waals surface area (Å²) in [6.45, 7) is 5.55. The first kappa shape index (κ1) is 12.2. The van der Waals surface area contributed by atoms with Gasteiger partial charge in [0.2, 0.25) is 0 Å². The van der Waals surface area contributed by atoms with Gasteiger partial charge in [0.1, 0.15) is 12.2 Å². The van der Waals surface area contributed by atoms with Gasteiger partial charge < -0.3 is 5.32 Å². The highest BCUT2D eigenvalue weighted by atomic mass is 15.2. The van der Waals surface area contributed by atoms with Gasteiger partial charge in [-0.2, -0.15) is 5.10 Å². The van der Waals surface area contributed by atoms with Crippen LogP contribution < -0.4 is 5.32 Å². The lowest BCUT2D eigenvalue weighted by molar-refractivity contribution is 0.488. The Labute approximate surface area is 91.9 Å². The van der Waals surface area contributed by atoms with Crippen molar-refractivity contribution in [2.45, 2.75) is 52.0 Å². The molecule has 1 aromatic rings. The van der Waals surface area contributed by atoms with E-state index in [0.29, 0.717) is 6.04 Å². The molecule has 0 fully saturated rings. The van der Waals surface area contributed by atoms with Gasteiger partial charge in [0, 0.05) is 12.5 Å². The third kappa shape index (κ3) is 5.52. The van der Waals surface area contributed by atoms with Crippen LogP contribution in [0.15, 0.2) is 6.33 Å². The van der Waals surface area contributed by atoms with Crippen molar-refractivity contribution in [1.29, 1.82) is 0 Å². The van der Waals surface area contributed by atoms with Gasteiger partial charge in [0.15, 0.2) is 0 Å². The third-order valence-electron chi connectivity index (χ3n) is 2.54. The van der Waals surface area contributed by atoms with Crippen LogP contribution in [0.1, 0.15) is 45.4 Å². The average Bonchev–Trinajstić information content (AvgIpc) is 2.74. The van der Waals surface area contributed by atoms with Crippen molar-refractivity contribution < 1.29 is 0 Å². The van der Waals surface area contributed by atoms with Gasteiger partial charge in [-0.05, 0) is 26.3 Å². The van der Waals surface area contributed by atoms with Gasteiger partial charge in [-0.15, -0.1) is 0 Å². The fourth-order valence-corrected chi connectivity index (χ4v) is 1.57. The summed E-state index contributed by atoms with van der Waals surface area (Å²) >= 11 is 0. The van der Waals surface area contributed by atoms with Gasteiger partial charge in [0.25, 0.3) is 0 Å². The number of nitrogens with zero attached hydrogens (tertiary/aromatic N) is 2. The molecule has 1 atom stereocenters. The minimum absolute atomic E-state index is 0.639. The summed E-state index contributed by atoms with van der Waals surface area (Å²) in [7, 11) is 0. The summed E-state index contributed by atoms with van der Waals surface area (Å²) < 4.78 is 0. The first-order valence-electron chi connectivity index (χ1n) is 5.90. The zero-order valence-corrected chi connectivity index (χ0v) is 9.79. The third-order valence-corrected chi connectivity index (χ3v) is 2.54. The Morgan fingerprint density at radius 2 is 2.33 bits per heavy atom. The molecular weight excluding hydrogens is 188 g/mol. The maximum absolute atomic E-state index is 4.09. The number of nitrogens with one attached hydrogen (secondary N) is 2. The number of aromatic amines is 1. The fourth-order valence-electron chi connectivity index (χ4n) is 1.57. The molecule has 1 unspecified atom stereocenters. The summed E-state index contributed by atoms with van der Waals surface area (Å²) in [5.74, 6) is 0.984. The predicted octanol–water partition coefficient (Wildman–Crippen LogP) is 1.91. The normalized spacial score (nSPS) is 12.9. The molecule has 0 amide bonds. The molecule has 0 aromatic carbocycles. The van der Waals surface area contributed by atoms with E-state index in [1.165, 1.54) is 19.3 Å². The standard InChI is InChI=1S/C11H22N4/c1-3-4-6-10(2)12-8-5-7-11-13-9-14-15-11/h9-10,12H,3-8H2,1-2H3,(H,13,14,15). The van der Waals surface area contributed by atoms with Crippen LogP contribution in [-0.4, -0.2) is 27.8 Å². The molecule has 0 saturated carbocycles. The number of unbranched alkanes of at least 4 members (excludes halogenated alkanes) is 1. The predicted molar refractivity (Wildman–Crippen MR) is 61.7 cm³/mol. The van der Waals surface area contributed by atoms with Crippen molar-refractivity contribution in [1.82, 2.24) is 20.5 Å². The van der Waals surface area contributed by atoms with E-state index in [1.54, 1.807) is 6.33 Å². The first-order valence-corrected chi connectivity index (χ1v) is 5.90. The Morgan fingerprint density at radius 1 is 1.47 bits per heavy atom. The monoisotopic (exact) mass is 210 g/mol. The van der Waals surface area contributed by atoms with Crippen LogP contribution in [0.25, 0.3) is 0 Å². The number of aryl methyl sites for hydroxylation is 1. The van der Waals surface area contributed by atoms with Gasteiger partial charge in [0.05, 0.1) is 0 Å². The second kappa shape index (κ2) is 7.40. The van der Waals surface area contributed by atoms with Gasteiger partial charge in [-0.3, -0.25) is 5.10 Å². The molecule has 0 radical (unpaired) electrons. The number of rotatable bonds is 8. The largest absolute Gasteiger partial charge is 0.314 e. The van der Waals surface area contributed by atoms with Crippen molar-refractivity contribution >= 4 is 0 Å². The lowest BCUT2D eigenvalue weighted by atomic mass is 10.1. The molecule has 0 saturated heterocycles. The Kier molecular flexibility index (Phi) is 6.00. The number of hydrogen-bond donors (Lipinski definition) is 2. The summed E-state index contributed by atoms with van der Waals surface area (Å²) in [5, 5.41) is 10.2. The summed E-state index contributed by atoms with van der Waals surface area (Å²) in [6.07, 6.45) is 7.53. The summed E-state index contributed by atoms with van der Waals surface area (Å²) in [6, 6.07) is 0.639. The number of aromatic nitrogens is 3. The molecule has 4 nitrogen and oxygen atoms in total. The van der Waals surface area contributed by atoms with Crippen molar-refractivity contribution in [2.24, 2.45) is 0 Å². The quantitative estimate of drug-likeness (QED) is 0.644. The van der Waals surface area contributed by atoms with E-state index in [2.05, 4.69) is 34.3 Å². The SMILES string of the molecule is CCCCC(C)NCCCc1ncn[nH]1. The van der Waals surface area contributed by atoms with E-state index in [1.807, 2.05) is 0 Å². The van der Waals surface area contributed by atoms with E-state index in [0.717, 1.165) is 25.2 Å². The van der Waals surface area contributed by atoms with Crippen molar-refractivity contribution in [3.05, 3.63) is 12.2 Å². The van der Waals surface area contributed by atoms with Crippen LogP contribution in [0.4, 0.5) is 0 Å². The second-order valence-corrected chi connectivity index (χ2v) is 4.03. The fraction of sp³-hybridized carbons (Fsp3) is 0.818. The molecule has 4 heteroatoms. The lowest BCUT2D eigenvalue weighted by Crippen LogP contribution is -2.27. The molecule has 2 N–H and O–H groups in total. The van der Waals surface area contributed by atoms with Crippen molar-refractivity contribution in [2.75, 3.05) is 6.54 Å². The van der Waals surface area contributed by atoms with Gasteiger partial charge >= 0.3 is 0 Å². The topological polar surface area (TPSA) is 53.6 Å². The Morgan fingerprint density at radius 3 is 3.00 bits per heavy atom. The minimum Gasteiger partial charge on any atom is -0.314 e. The zero-order valence-electron chi connectivity index (χ0n) is 9.79. The van der Waals surface area contributed by atoms with Crippen LogP contribution in [0, 0.1) is 0 Å². The number of hydrogen-bond acceptors (Lipinski definition) is 3. The molecule has 15 heavy (non-hydrogen) atoms. The highest BCUT2D eigenvalue weighted by molar-refractivity contribution is 4.79. The van der Waals surface area contributed by atoms with Crippen LogP contribution in [0.2, 0.25) is 0 Å². The maximum atomic E-state index is 4.09. The zero-order chi connectivity index (χ0) is 10.9. The Bertz CT molecular complexity index is 233. The van der Waals surface area contributed by atoms with Gasteiger partial charge in [-0.25, -0.2) is 4.98 Å². The molecule has 1 aromatic heterocycles. The molecule has 0 aliphatic rings. The van der Waals surface area contributed by atoms with E-state index in [4.69, 9.17) is 0 Å². The van der Waals surface area contributed by atoms with Crippen LogP contribution in [0.3, 0.4) is 0 Å². The van der Waals surface area contributed by atoms with Crippen LogP contribution in [-0.2, 0) is 6.42 Å². The highest BCUT2D eigenvalue weighted by Crippen LogP contribution is 1.99. The average molecular weight is 210 g/mol. The van der Waals surface area contributed by atoms with E-state index in [-0.39, 0.29) is 0 Å². The minimum atomic E-state index is 0.639. The molecule has 1 rings (SSSR count). The lowest BCUT2D eigenvalue weighted by Gasteiger charge is -2.12. The van der Waals surface area contributed by atoms with Crippen molar-refractivity contribution in [3.8, 4) is 0 Å². The Hall–Kier alpha value is -0.900. The molecule has 1 heterocycles. The van der Waals surface area contributed by atoms with Crippen molar-refractivity contribution in [3.63, 3.8) is 0 Å². The molecule has 0 bridgehead atoms. The van der Waals surface area contributed by atoms with E-state index < -0.39 is 0 Å². The summed E-state index contributed by atoms with van der Waals surface area (Å²) in [4.78, 5) is 4.09. The smallest absolute Gasteiger partial charge is 0.137 e.